The minimum atomic E-state index is 0.473. The first-order valence-electron chi connectivity index (χ1n) is 5.00. The normalized spacial score (nSPS) is 10.1. The Bertz CT molecular complexity index is 540. The molecule has 1 aromatic carbocycles. The molecule has 0 atom stereocenters. The number of ether oxygens (including phenoxy) is 1. The first-order chi connectivity index (χ1) is 7.83. The van der Waals surface area contributed by atoms with Crippen LogP contribution in [0, 0.1) is 0 Å². The fourth-order valence-corrected chi connectivity index (χ4v) is 1.64. The largest absolute Gasteiger partial charge is 0.497 e. The molecule has 0 aliphatic rings. The van der Waals surface area contributed by atoms with E-state index in [2.05, 4.69) is 21.1 Å². The number of methoxy groups -OCH3 is 1. The molecule has 0 unspecified atom stereocenters. The second kappa shape index (κ2) is 4.59. The fraction of sp³-hybridized carbons (Fsp3) is 0.273. The maximum Gasteiger partial charge on any atom is 0.120 e. The Kier molecular flexibility index (Phi) is 2.98. The van der Waals surface area contributed by atoms with E-state index in [4.69, 9.17) is 10.3 Å². The molecule has 1 heterocycles. The van der Waals surface area contributed by atoms with E-state index >= 15 is 0 Å². The van der Waals surface area contributed by atoms with Crippen molar-refractivity contribution in [2.75, 3.05) is 13.7 Å². The van der Waals surface area contributed by atoms with Gasteiger partial charge in [0, 0.05) is 28.7 Å². The summed E-state index contributed by atoms with van der Waals surface area (Å²) in [6.45, 7) is 0.473. The van der Waals surface area contributed by atoms with Crippen LogP contribution in [0.4, 0.5) is 0 Å². The van der Waals surface area contributed by atoms with Crippen LogP contribution in [0.1, 0.15) is 5.69 Å². The van der Waals surface area contributed by atoms with Crippen molar-refractivity contribution in [1.82, 2.24) is 4.98 Å². The molecule has 16 heavy (non-hydrogen) atoms. The summed E-state index contributed by atoms with van der Waals surface area (Å²) in [5, 5.41) is 4.64. The molecule has 0 bridgehead atoms. The molecular weight excluding hydrogens is 204 g/mol. The lowest BCUT2D eigenvalue weighted by molar-refractivity contribution is 0.415. The van der Waals surface area contributed by atoms with Gasteiger partial charge < -0.3 is 9.72 Å². The lowest BCUT2D eigenvalue weighted by atomic mass is 10.2. The molecule has 0 fully saturated rings. The summed E-state index contributed by atoms with van der Waals surface area (Å²) in [5.41, 5.74) is 10.3. The summed E-state index contributed by atoms with van der Waals surface area (Å²) in [4.78, 5) is 5.99. The van der Waals surface area contributed by atoms with E-state index in [1.807, 2.05) is 18.2 Å². The van der Waals surface area contributed by atoms with E-state index < -0.39 is 0 Å². The average Bonchev–Trinajstić information content (AvgIpc) is 2.70. The van der Waals surface area contributed by atoms with Crippen LogP contribution in [0.15, 0.2) is 29.4 Å². The minimum absolute atomic E-state index is 0.473. The summed E-state index contributed by atoms with van der Waals surface area (Å²) in [7, 11) is 1.65. The highest BCUT2D eigenvalue weighted by Gasteiger charge is 2.01. The number of nitrogens with one attached hydrogen (secondary N) is 1. The van der Waals surface area contributed by atoms with Crippen LogP contribution in [-0.2, 0) is 6.42 Å². The van der Waals surface area contributed by atoms with Gasteiger partial charge in [-0.1, -0.05) is 5.11 Å². The van der Waals surface area contributed by atoms with Gasteiger partial charge in [-0.3, -0.25) is 0 Å². The molecule has 1 N–H and O–H groups in total. The Labute approximate surface area is 92.7 Å². The maximum atomic E-state index is 8.18. The maximum absolute atomic E-state index is 8.18. The quantitative estimate of drug-likeness (QED) is 0.476. The van der Waals surface area contributed by atoms with E-state index in [0.717, 1.165) is 28.8 Å². The fourth-order valence-electron chi connectivity index (χ4n) is 1.64. The molecule has 82 valence electrons. The van der Waals surface area contributed by atoms with Gasteiger partial charge in [0.2, 0.25) is 0 Å². The molecule has 1 aromatic heterocycles. The number of hydrogen-bond donors (Lipinski definition) is 1. The molecule has 5 nitrogen and oxygen atoms in total. The van der Waals surface area contributed by atoms with Gasteiger partial charge in [0.1, 0.15) is 5.75 Å². The topological polar surface area (TPSA) is 73.8 Å². The summed E-state index contributed by atoms with van der Waals surface area (Å²) < 4.78 is 5.14. The van der Waals surface area contributed by atoms with Gasteiger partial charge in [-0.05, 0) is 35.5 Å². The van der Waals surface area contributed by atoms with Crippen molar-refractivity contribution in [3.05, 3.63) is 40.4 Å². The van der Waals surface area contributed by atoms with Crippen molar-refractivity contribution in [3.63, 3.8) is 0 Å². The van der Waals surface area contributed by atoms with Gasteiger partial charge in [-0.25, -0.2) is 0 Å². The van der Waals surface area contributed by atoms with Crippen LogP contribution in [0.25, 0.3) is 21.3 Å². The Balaban J connectivity index is 2.25. The Morgan fingerprint density at radius 3 is 3.06 bits per heavy atom. The second-order valence-corrected chi connectivity index (χ2v) is 3.45. The van der Waals surface area contributed by atoms with Crippen LogP contribution >= 0.6 is 0 Å². The molecule has 0 saturated carbocycles. The second-order valence-electron chi connectivity index (χ2n) is 3.45. The Hall–Kier alpha value is -2.13. The highest BCUT2D eigenvalue weighted by atomic mass is 16.5. The van der Waals surface area contributed by atoms with Crippen molar-refractivity contribution in [1.29, 1.82) is 0 Å². The highest BCUT2D eigenvalue weighted by molar-refractivity contribution is 5.81. The van der Waals surface area contributed by atoms with Crippen molar-refractivity contribution in [3.8, 4) is 5.75 Å². The lowest BCUT2D eigenvalue weighted by Gasteiger charge is -1.97. The van der Waals surface area contributed by atoms with Crippen LogP contribution in [0.2, 0.25) is 0 Å². The van der Waals surface area contributed by atoms with Crippen molar-refractivity contribution < 1.29 is 4.74 Å². The van der Waals surface area contributed by atoms with E-state index in [9.17, 15) is 0 Å². The third kappa shape index (κ3) is 2.10. The van der Waals surface area contributed by atoms with Gasteiger partial charge >= 0.3 is 0 Å². The number of benzene rings is 1. The number of aromatic nitrogens is 1. The van der Waals surface area contributed by atoms with Gasteiger partial charge in [0.25, 0.3) is 0 Å². The molecule has 0 saturated heterocycles. The van der Waals surface area contributed by atoms with Crippen LogP contribution in [0.3, 0.4) is 0 Å². The standard InChI is InChI=1S/C11H12N4O/c1-16-10-3-2-8-6-9(4-5-13-15-12)14-11(8)7-10/h2-3,6-7,14H,4-5H2,1H3. The van der Waals surface area contributed by atoms with E-state index in [1.54, 1.807) is 7.11 Å². The lowest BCUT2D eigenvalue weighted by Crippen LogP contribution is -1.87. The molecule has 0 radical (unpaired) electrons. The third-order valence-corrected chi connectivity index (χ3v) is 2.43. The summed E-state index contributed by atoms with van der Waals surface area (Å²) in [6, 6.07) is 7.93. The molecule has 5 heteroatoms. The Morgan fingerprint density at radius 2 is 2.31 bits per heavy atom. The first-order valence-corrected chi connectivity index (χ1v) is 5.00. The van der Waals surface area contributed by atoms with Crippen molar-refractivity contribution in [2.45, 2.75) is 6.42 Å². The SMILES string of the molecule is COc1ccc2cc(CCN=[N+]=[N-])[nH]c2c1. The number of azide groups is 1. The van der Waals surface area contributed by atoms with Crippen LogP contribution < -0.4 is 4.74 Å². The molecule has 0 spiro atoms. The monoisotopic (exact) mass is 216 g/mol. The Morgan fingerprint density at radius 1 is 1.44 bits per heavy atom. The van der Waals surface area contributed by atoms with Gasteiger partial charge in [0.15, 0.2) is 0 Å². The number of H-pyrrole nitrogens is 1. The predicted molar refractivity (Wildman–Crippen MR) is 62.6 cm³/mol. The van der Waals surface area contributed by atoms with E-state index in [1.165, 1.54) is 0 Å². The molecule has 0 aliphatic carbocycles. The number of aromatic amines is 1. The number of nitrogens with zero attached hydrogens (tertiary/aromatic N) is 3. The molecule has 0 amide bonds. The smallest absolute Gasteiger partial charge is 0.120 e. The first kappa shape index (κ1) is 10.4. The van der Waals surface area contributed by atoms with Gasteiger partial charge in [-0.15, -0.1) is 0 Å². The van der Waals surface area contributed by atoms with Crippen molar-refractivity contribution in [2.24, 2.45) is 5.11 Å². The van der Waals surface area contributed by atoms with E-state index in [-0.39, 0.29) is 0 Å². The number of fused-ring (bicyclic) bond motifs is 1. The zero-order chi connectivity index (χ0) is 11.4. The summed E-state index contributed by atoms with van der Waals surface area (Å²) >= 11 is 0. The number of hydrogen-bond acceptors (Lipinski definition) is 2. The van der Waals surface area contributed by atoms with Gasteiger partial charge in [-0.2, -0.15) is 0 Å². The zero-order valence-electron chi connectivity index (χ0n) is 8.97. The average molecular weight is 216 g/mol. The summed E-state index contributed by atoms with van der Waals surface area (Å²) in [5.74, 6) is 0.830. The van der Waals surface area contributed by atoms with Gasteiger partial charge in [0.05, 0.1) is 7.11 Å². The van der Waals surface area contributed by atoms with Crippen molar-refractivity contribution >= 4 is 10.9 Å². The zero-order valence-corrected chi connectivity index (χ0v) is 8.97. The van der Waals surface area contributed by atoms with Crippen LogP contribution in [-0.4, -0.2) is 18.6 Å². The third-order valence-electron chi connectivity index (χ3n) is 2.43. The molecule has 2 aromatic rings. The molecular formula is C11H12N4O. The summed E-state index contributed by atoms with van der Waals surface area (Å²) in [6.07, 6.45) is 0.723. The van der Waals surface area contributed by atoms with E-state index in [0.29, 0.717) is 6.54 Å². The number of rotatable bonds is 4. The highest BCUT2D eigenvalue weighted by Crippen LogP contribution is 2.21. The molecule has 0 aliphatic heterocycles. The predicted octanol–water partition coefficient (Wildman–Crippen LogP) is 3.03. The van der Waals surface area contributed by atoms with Crippen LogP contribution in [0.5, 0.6) is 5.75 Å². The minimum Gasteiger partial charge on any atom is -0.497 e. The molecule has 2 rings (SSSR count).